The molecule has 1 amide bonds. The van der Waals surface area contributed by atoms with Crippen LogP contribution in [0, 0.1) is 0 Å². The van der Waals surface area contributed by atoms with Crippen molar-refractivity contribution < 1.29 is 39.8 Å². The van der Waals surface area contributed by atoms with Crippen LogP contribution < -0.4 is 5.32 Å². The number of nitrogens with one attached hydrogen (secondary N) is 1. The van der Waals surface area contributed by atoms with Crippen LogP contribution in [-0.4, -0.2) is 87.5 Å². The van der Waals surface area contributed by atoms with Gasteiger partial charge in [-0.05, 0) is 64.2 Å². The second-order valence-corrected chi connectivity index (χ2v) is 17.6. The Morgan fingerprint density at radius 2 is 1.02 bits per heavy atom. The van der Waals surface area contributed by atoms with Crippen LogP contribution in [0.25, 0.3) is 0 Å². The summed E-state index contributed by atoms with van der Waals surface area (Å²) < 4.78 is 11.2. The van der Waals surface area contributed by atoms with Crippen LogP contribution in [0.3, 0.4) is 0 Å². The fraction of sp³-hybridized carbons (Fsp3) is 0.792. The first kappa shape index (κ1) is 57.9. The van der Waals surface area contributed by atoms with Crippen molar-refractivity contribution in [3.8, 4) is 0 Å². The second-order valence-electron chi connectivity index (χ2n) is 17.6. The molecule has 9 heteroatoms. The first-order valence-electron chi connectivity index (χ1n) is 25.5. The molecule has 0 aromatic heterocycles. The molecule has 1 heterocycles. The Labute approximate surface area is 379 Å². The maximum Gasteiger partial charge on any atom is 0.220 e. The van der Waals surface area contributed by atoms with Gasteiger partial charge in [-0.25, -0.2) is 0 Å². The highest BCUT2D eigenvalue weighted by Crippen LogP contribution is 2.23. The van der Waals surface area contributed by atoms with E-state index < -0.39 is 49.5 Å². The summed E-state index contributed by atoms with van der Waals surface area (Å²) in [5.74, 6) is -0.198. The van der Waals surface area contributed by atoms with E-state index in [1.165, 1.54) is 122 Å². The average Bonchev–Trinajstić information content (AvgIpc) is 3.27. The molecule has 360 valence electrons. The van der Waals surface area contributed by atoms with E-state index in [9.17, 15) is 30.3 Å². The molecule has 0 spiro atoms. The molecule has 1 rings (SSSR count). The van der Waals surface area contributed by atoms with Gasteiger partial charge in [0.25, 0.3) is 0 Å². The molecule has 9 nitrogen and oxygen atoms in total. The lowest BCUT2D eigenvalue weighted by Crippen LogP contribution is -2.60. The molecular weight excluding hydrogens is 779 g/mol. The first-order valence-corrected chi connectivity index (χ1v) is 25.5. The van der Waals surface area contributed by atoms with E-state index in [4.69, 9.17) is 9.47 Å². The van der Waals surface area contributed by atoms with Crippen LogP contribution in [-0.2, 0) is 14.3 Å². The first-order chi connectivity index (χ1) is 30.3. The van der Waals surface area contributed by atoms with Gasteiger partial charge in [-0.3, -0.25) is 4.79 Å². The molecule has 1 saturated heterocycles. The summed E-state index contributed by atoms with van der Waals surface area (Å²) in [6.45, 7) is 3.65. The molecule has 0 bridgehead atoms. The minimum atomic E-state index is -1.58. The molecule has 0 aromatic rings. The van der Waals surface area contributed by atoms with Crippen molar-refractivity contribution in [3.63, 3.8) is 0 Å². The highest BCUT2D eigenvalue weighted by Gasteiger charge is 2.44. The van der Waals surface area contributed by atoms with Gasteiger partial charge in [-0.15, -0.1) is 0 Å². The summed E-state index contributed by atoms with van der Waals surface area (Å²) >= 11 is 0. The number of aliphatic hydroxyl groups excluding tert-OH is 5. The van der Waals surface area contributed by atoms with Crippen molar-refractivity contribution in [2.75, 3.05) is 13.2 Å². The Kier molecular flexibility index (Phi) is 40.0. The lowest BCUT2D eigenvalue weighted by atomic mass is 9.99. The molecule has 62 heavy (non-hydrogen) atoms. The van der Waals surface area contributed by atoms with Crippen molar-refractivity contribution in [2.24, 2.45) is 0 Å². The number of unbranched alkanes of at least 4 members (excludes halogenated alkanes) is 24. The van der Waals surface area contributed by atoms with Crippen LogP contribution in [0.5, 0.6) is 0 Å². The van der Waals surface area contributed by atoms with Crippen molar-refractivity contribution >= 4 is 5.91 Å². The lowest BCUT2D eigenvalue weighted by Gasteiger charge is -2.40. The Morgan fingerprint density at radius 3 is 1.55 bits per heavy atom. The van der Waals surface area contributed by atoms with Gasteiger partial charge >= 0.3 is 0 Å². The Bertz CT molecular complexity index is 1150. The summed E-state index contributed by atoms with van der Waals surface area (Å²) in [5.41, 5.74) is 0. The number of allylic oxidation sites excluding steroid dienone is 9. The lowest BCUT2D eigenvalue weighted by molar-refractivity contribution is -0.302. The number of carbonyl (C=O) groups excluding carboxylic acids is 1. The molecule has 7 unspecified atom stereocenters. The third kappa shape index (κ3) is 32.5. The Hall–Kier alpha value is -2.11. The van der Waals surface area contributed by atoms with Crippen LogP contribution in [0.2, 0.25) is 0 Å². The van der Waals surface area contributed by atoms with Crippen LogP contribution >= 0.6 is 0 Å². The third-order valence-corrected chi connectivity index (χ3v) is 11.8. The quantitative estimate of drug-likeness (QED) is 0.0262. The smallest absolute Gasteiger partial charge is 0.220 e. The van der Waals surface area contributed by atoms with Crippen molar-refractivity contribution in [1.82, 2.24) is 5.32 Å². The van der Waals surface area contributed by atoms with Crippen LogP contribution in [0.15, 0.2) is 60.8 Å². The summed E-state index contributed by atoms with van der Waals surface area (Å²) in [7, 11) is 0. The van der Waals surface area contributed by atoms with Gasteiger partial charge in [-0.2, -0.15) is 0 Å². The molecule has 1 aliphatic rings. The van der Waals surface area contributed by atoms with Gasteiger partial charge in [0.15, 0.2) is 6.29 Å². The minimum absolute atomic E-state index is 0.198. The fourth-order valence-electron chi connectivity index (χ4n) is 7.77. The fourth-order valence-corrected chi connectivity index (χ4v) is 7.77. The average molecular weight is 874 g/mol. The zero-order valence-electron chi connectivity index (χ0n) is 39.6. The molecule has 0 saturated carbocycles. The molecule has 0 aromatic carbocycles. The highest BCUT2D eigenvalue weighted by atomic mass is 16.7. The van der Waals surface area contributed by atoms with E-state index in [1.807, 2.05) is 6.08 Å². The monoisotopic (exact) mass is 874 g/mol. The predicted molar refractivity (Wildman–Crippen MR) is 258 cm³/mol. The molecule has 1 aliphatic heterocycles. The second kappa shape index (κ2) is 42.8. The Morgan fingerprint density at radius 1 is 0.565 bits per heavy atom. The zero-order valence-corrected chi connectivity index (χ0v) is 39.6. The van der Waals surface area contributed by atoms with Gasteiger partial charge < -0.3 is 40.3 Å². The highest BCUT2D eigenvalue weighted by molar-refractivity contribution is 5.76. The number of aliphatic hydroxyl groups is 5. The normalized spacial score (nSPS) is 20.8. The van der Waals surface area contributed by atoms with Crippen LogP contribution in [0.4, 0.5) is 0 Å². The molecule has 7 atom stereocenters. The SMILES string of the molecule is CC/C=C\C/C=C\C/C=C\CCCCCCCCCC(=O)NC(COC1OC(CO)C(O)C(O)C1O)C(O)/C=C/CC/C=C/CCCCCCCCCCCCCCCCCC. The van der Waals surface area contributed by atoms with E-state index in [1.54, 1.807) is 6.08 Å². The summed E-state index contributed by atoms with van der Waals surface area (Å²) in [4.78, 5) is 13.0. The van der Waals surface area contributed by atoms with E-state index in [-0.39, 0.29) is 12.5 Å². The molecule has 0 radical (unpaired) electrons. The van der Waals surface area contributed by atoms with Gasteiger partial charge in [0.1, 0.15) is 24.4 Å². The van der Waals surface area contributed by atoms with Gasteiger partial charge in [0.2, 0.25) is 5.91 Å². The predicted octanol–water partition coefficient (Wildman–Crippen LogP) is 11.6. The number of ether oxygens (including phenoxy) is 2. The maximum atomic E-state index is 13.0. The maximum absolute atomic E-state index is 13.0. The molecule has 6 N–H and O–H groups in total. The summed E-state index contributed by atoms with van der Waals surface area (Å²) in [6, 6.07) is -0.829. The third-order valence-electron chi connectivity index (χ3n) is 11.8. The van der Waals surface area contributed by atoms with Crippen molar-refractivity contribution in [3.05, 3.63) is 60.8 Å². The number of hydrogen-bond donors (Lipinski definition) is 6. The summed E-state index contributed by atoms with van der Waals surface area (Å²) in [5, 5.41) is 54.3. The standard InChI is InChI=1S/C53H95NO8/c1-3-5-7-9-11-13-15-17-19-21-22-23-24-25-27-28-30-32-34-36-38-40-42-47(56)46(45-61-53-52(60)51(59)50(58)48(44-55)62-53)54-49(57)43-41-39-37-35-33-31-29-26-20-18-16-14-12-10-8-6-4-2/h6,8,12,14,18,20,32,34,40,42,46-48,50-53,55-56,58-60H,3-5,7,9-11,13,15-17,19,21-31,33,35-39,41,43-45H2,1-2H3,(H,54,57)/b8-6-,14-12-,20-18-,34-32+,42-40+. The van der Waals surface area contributed by atoms with E-state index in [0.717, 1.165) is 70.6 Å². The van der Waals surface area contributed by atoms with Gasteiger partial charge in [0, 0.05) is 6.42 Å². The van der Waals surface area contributed by atoms with Gasteiger partial charge in [0.05, 0.1) is 25.4 Å². The largest absolute Gasteiger partial charge is 0.394 e. The molecule has 0 aliphatic carbocycles. The van der Waals surface area contributed by atoms with E-state index in [2.05, 4.69) is 67.8 Å². The zero-order chi connectivity index (χ0) is 45.1. The van der Waals surface area contributed by atoms with Crippen molar-refractivity contribution in [1.29, 1.82) is 0 Å². The number of rotatable bonds is 42. The van der Waals surface area contributed by atoms with E-state index in [0.29, 0.717) is 6.42 Å². The summed E-state index contributed by atoms with van der Waals surface area (Å²) in [6.07, 6.45) is 49.9. The van der Waals surface area contributed by atoms with Crippen molar-refractivity contribution in [2.45, 2.75) is 256 Å². The van der Waals surface area contributed by atoms with Gasteiger partial charge in [-0.1, -0.05) is 203 Å². The van der Waals surface area contributed by atoms with E-state index >= 15 is 0 Å². The topological polar surface area (TPSA) is 149 Å². The number of amides is 1. The molecule has 1 fully saturated rings. The number of hydrogen-bond acceptors (Lipinski definition) is 8. The number of carbonyl (C=O) groups is 1. The van der Waals surface area contributed by atoms with Crippen LogP contribution in [0.1, 0.15) is 213 Å². The minimum Gasteiger partial charge on any atom is -0.394 e. The Balaban J connectivity index is 2.33. The molecular formula is C53H95NO8.